The Morgan fingerprint density at radius 1 is 1.11 bits per heavy atom. The van der Waals surface area contributed by atoms with E-state index in [0.717, 1.165) is 16.0 Å². The number of hydrazone groups is 1. The Labute approximate surface area is 220 Å². The number of halogens is 3. The number of rotatable bonds is 4. The molecule has 2 unspecified atom stereocenters. The van der Waals surface area contributed by atoms with Gasteiger partial charge in [0.15, 0.2) is 17.7 Å². The van der Waals surface area contributed by atoms with Crippen molar-refractivity contribution in [2.45, 2.75) is 19.5 Å². The summed E-state index contributed by atoms with van der Waals surface area (Å²) in [5.74, 6) is 0.0377. The maximum Gasteiger partial charge on any atom is 0.213 e. The average Bonchev–Trinajstić information content (AvgIpc) is 2.86. The number of hydrogen-bond donors (Lipinski definition) is 3. The highest BCUT2D eigenvalue weighted by Crippen LogP contribution is 2.41. The second kappa shape index (κ2) is 9.89. The molecule has 2 atom stereocenters. The molecule has 0 spiro atoms. The van der Waals surface area contributed by atoms with Crippen LogP contribution in [0.2, 0.25) is 10.0 Å². The van der Waals surface area contributed by atoms with Crippen molar-refractivity contribution in [1.82, 2.24) is 15.3 Å². The maximum absolute atomic E-state index is 13.6. The van der Waals surface area contributed by atoms with Crippen LogP contribution in [-0.2, 0) is 0 Å². The van der Waals surface area contributed by atoms with Gasteiger partial charge >= 0.3 is 0 Å². The van der Waals surface area contributed by atoms with E-state index in [2.05, 4.69) is 20.4 Å². The highest BCUT2D eigenvalue weighted by atomic mass is 35.5. The summed E-state index contributed by atoms with van der Waals surface area (Å²) < 4.78 is 19.6. The molecule has 4 aromatic rings. The number of pyridine rings is 2. The lowest BCUT2D eigenvalue weighted by molar-refractivity contribution is 0.0631. The Morgan fingerprint density at radius 3 is 2.57 bits per heavy atom. The number of aliphatic hydroxyl groups excluding tert-OH is 2. The zero-order valence-corrected chi connectivity index (χ0v) is 20.5. The Morgan fingerprint density at radius 2 is 1.86 bits per heavy atom. The first-order chi connectivity index (χ1) is 17.7. The van der Waals surface area contributed by atoms with Gasteiger partial charge < -0.3 is 14.9 Å². The fourth-order valence-corrected chi connectivity index (χ4v) is 4.39. The molecule has 1 aliphatic heterocycles. The van der Waals surface area contributed by atoms with E-state index < -0.39 is 18.5 Å². The largest absolute Gasteiger partial charge is 0.454 e. The number of nitrogens with one attached hydrogen (secondary N) is 1. The van der Waals surface area contributed by atoms with E-state index in [0.29, 0.717) is 22.5 Å². The van der Waals surface area contributed by atoms with Crippen molar-refractivity contribution in [2.24, 2.45) is 5.10 Å². The Kier molecular flexibility index (Phi) is 6.64. The zero-order valence-electron chi connectivity index (χ0n) is 19.0. The number of benzene rings is 2. The number of nitriles is 1. The van der Waals surface area contributed by atoms with Crippen LogP contribution in [0.4, 0.5) is 10.1 Å². The van der Waals surface area contributed by atoms with Crippen LogP contribution >= 0.6 is 23.2 Å². The molecule has 3 N–H and O–H groups in total. The molecule has 0 radical (unpaired) electrons. The fraction of sp³-hybridized carbons (Fsp3) is 0.120. The first-order valence-corrected chi connectivity index (χ1v) is 11.6. The number of hydrogen-bond acceptors (Lipinski definition) is 9. The van der Waals surface area contributed by atoms with Crippen molar-refractivity contribution in [3.05, 3.63) is 76.3 Å². The van der Waals surface area contributed by atoms with Crippen molar-refractivity contribution in [3.63, 3.8) is 0 Å². The molecule has 0 fully saturated rings. The highest BCUT2D eigenvalue weighted by molar-refractivity contribution is 6.37. The van der Waals surface area contributed by atoms with Gasteiger partial charge in [-0.15, -0.1) is 0 Å². The van der Waals surface area contributed by atoms with Crippen molar-refractivity contribution in [3.8, 4) is 28.8 Å². The molecule has 37 heavy (non-hydrogen) atoms. The number of aromatic nitrogens is 2. The molecule has 2 aromatic heterocycles. The van der Waals surface area contributed by atoms with Crippen molar-refractivity contribution < 1.29 is 19.3 Å². The summed E-state index contributed by atoms with van der Waals surface area (Å²) in [6, 6.07) is 14.8. The monoisotopic (exact) mass is 538 g/mol. The van der Waals surface area contributed by atoms with Gasteiger partial charge in [-0.25, -0.2) is 20.3 Å². The van der Waals surface area contributed by atoms with Crippen LogP contribution in [0.15, 0.2) is 59.8 Å². The van der Waals surface area contributed by atoms with Gasteiger partial charge in [0, 0.05) is 23.2 Å². The van der Waals surface area contributed by atoms with Crippen LogP contribution in [0.3, 0.4) is 0 Å². The van der Waals surface area contributed by atoms with Gasteiger partial charge in [-0.05, 0) is 55.0 Å². The third-order valence-corrected chi connectivity index (χ3v) is 6.17. The summed E-state index contributed by atoms with van der Waals surface area (Å²) in [6.07, 6.45) is -1.43. The lowest BCUT2D eigenvalue weighted by Gasteiger charge is -2.32. The van der Waals surface area contributed by atoms with Gasteiger partial charge in [0.05, 0.1) is 26.9 Å². The molecule has 0 bridgehead atoms. The number of aliphatic hydroxyl groups is 2. The molecule has 1 aliphatic rings. The quantitative estimate of drug-likeness (QED) is 0.318. The molecule has 12 heteroatoms. The summed E-state index contributed by atoms with van der Waals surface area (Å²) in [6.45, 7) is 1.91. The number of fused-ring (bicyclic) bond motifs is 1. The first kappa shape index (κ1) is 24.8. The second-order valence-electron chi connectivity index (χ2n) is 8.10. The maximum atomic E-state index is 13.6. The van der Waals surface area contributed by atoms with Crippen LogP contribution in [0.25, 0.3) is 22.2 Å². The van der Waals surface area contributed by atoms with Gasteiger partial charge in [0.1, 0.15) is 11.8 Å². The minimum Gasteiger partial charge on any atom is -0.454 e. The van der Waals surface area contributed by atoms with Crippen LogP contribution in [0.5, 0.6) is 11.5 Å². The van der Waals surface area contributed by atoms with E-state index in [1.165, 1.54) is 24.4 Å². The van der Waals surface area contributed by atoms with E-state index in [1.807, 2.05) is 13.0 Å². The molecule has 186 valence electrons. The van der Waals surface area contributed by atoms with Crippen LogP contribution < -0.4 is 15.1 Å². The number of anilines is 1. The Balaban J connectivity index is 1.45. The zero-order chi connectivity index (χ0) is 26.3. The molecule has 0 amide bonds. The van der Waals surface area contributed by atoms with E-state index in [-0.39, 0.29) is 27.2 Å². The van der Waals surface area contributed by atoms with E-state index in [4.69, 9.17) is 33.2 Å². The molecular formula is C25H17Cl2FN6O3. The number of aryl methyl sites for hydroxylation is 1. The van der Waals surface area contributed by atoms with E-state index >= 15 is 0 Å². The van der Waals surface area contributed by atoms with Crippen LogP contribution in [0.1, 0.15) is 5.56 Å². The predicted molar refractivity (Wildman–Crippen MR) is 137 cm³/mol. The lowest BCUT2D eigenvalue weighted by Crippen LogP contribution is -2.55. The number of ether oxygens (including phenoxy) is 1. The minimum atomic E-state index is -1.42. The van der Waals surface area contributed by atoms with Crippen molar-refractivity contribution in [2.75, 3.05) is 5.01 Å². The van der Waals surface area contributed by atoms with Crippen molar-refractivity contribution >= 4 is 45.5 Å². The molecule has 0 saturated carbocycles. The van der Waals surface area contributed by atoms with E-state index in [9.17, 15) is 14.6 Å². The Bertz CT molecular complexity index is 1590. The summed E-state index contributed by atoms with van der Waals surface area (Å²) >= 11 is 12.9. The minimum absolute atomic E-state index is 0.125. The van der Waals surface area contributed by atoms with Gasteiger partial charge in [-0.3, -0.25) is 0 Å². The standard InChI is InChI=1S/C25H17Cl2FN6O3/c1-12-6-20(13-4-5-30-22(28)7-13)31-19-3-2-15(10-16(12)19)37-23-17(26)8-14(9-18(23)27)34-25(36)32-24(35)21(11-29)33-34/h2-10,24-25,32,35-36H,1H3. The fourth-order valence-electron chi connectivity index (χ4n) is 3.84. The van der Waals surface area contributed by atoms with Crippen LogP contribution in [-0.4, -0.2) is 38.5 Å². The van der Waals surface area contributed by atoms with E-state index in [1.54, 1.807) is 30.3 Å². The molecule has 9 nitrogen and oxygen atoms in total. The molecule has 2 aromatic carbocycles. The second-order valence-corrected chi connectivity index (χ2v) is 8.91. The Hall–Kier alpha value is -3.85. The summed E-state index contributed by atoms with van der Waals surface area (Å²) in [5.41, 5.74) is 2.84. The molecule has 0 aliphatic carbocycles. The lowest BCUT2D eigenvalue weighted by atomic mass is 10.1. The highest BCUT2D eigenvalue weighted by Gasteiger charge is 2.29. The summed E-state index contributed by atoms with van der Waals surface area (Å²) in [4.78, 5) is 8.21. The topological polar surface area (TPSA) is 127 Å². The number of nitrogens with zero attached hydrogens (tertiary/aromatic N) is 5. The average molecular weight is 539 g/mol. The van der Waals surface area contributed by atoms with Gasteiger partial charge in [0.25, 0.3) is 0 Å². The third kappa shape index (κ3) is 4.91. The van der Waals surface area contributed by atoms with Crippen LogP contribution in [0, 0.1) is 24.2 Å². The molecule has 3 heterocycles. The predicted octanol–water partition coefficient (Wildman–Crippen LogP) is 4.73. The first-order valence-electron chi connectivity index (χ1n) is 10.8. The smallest absolute Gasteiger partial charge is 0.213 e. The third-order valence-electron chi connectivity index (χ3n) is 5.60. The summed E-state index contributed by atoms with van der Waals surface area (Å²) in [5, 5.41) is 37.6. The van der Waals surface area contributed by atoms with Gasteiger partial charge in [-0.2, -0.15) is 14.8 Å². The van der Waals surface area contributed by atoms with Crippen molar-refractivity contribution in [1.29, 1.82) is 5.26 Å². The summed E-state index contributed by atoms with van der Waals surface area (Å²) in [7, 11) is 0. The molecule has 0 saturated heterocycles. The molecule has 5 rings (SSSR count). The SMILES string of the molecule is Cc1cc(-c2ccnc(F)c2)nc2ccc(Oc3c(Cl)cc(N4N=C(C#N)C(O)NC4O)cc3Cl)cc12. The van der Waals surface area contributed by atoms with Gasteiger partial charge in [0.2, 0.25) is 12.3 Å². The normalized spacial score (nSPS) is 17.4. The molecular weight excluding hydrogens is 522 g/mol. The van der Waals surface area contributed by atoms with Gasteiger partial charge in [-0.1, -0.05) is 23.2 Å².